The van der Waals surface area contributed by atoms with Gasteiger partial charge >= 0.3 is 0 Å². The third kappa shape index (κ3) is 5.10. The lowest BCUT2D eigenvalue weighted by molar-refractivity contribution is 0.446. The van der Waals surface area contributed by atoms with Crippen LogP contribution in [-0.4, -0.2) is 10.2 Å². The molecule has 22 heavy (non-hydrogen) atoms. The van der Waals surface area contributed by atoms with Gasteiger partial charge in [-0.1, -0.05) is 77.9 Å². The lowest BCUT2D eigenvalue weighted by Gasteiger charge is -2.19. The predicted octanol–water partition coefficient (Wildman–Crippen LogP) is 5.38. The van der Waals surface area contributed by atoms with Crippen LogP contribution in [0.4, 0.5) is 0 Å². The summed E-state index contributed by atoms with van der Waals surface area (Å²) >= 11 is 0. The number of benzene rings is 2. The van der Waals surface area contributed by atoms with Crippen molar-refractivity contribution in [1.82, 2.24) is 0 Å². The lowest BCUT2D eigenvalue weighted by atomic mass is 9.86. The van der Waals surface area contributed by atoms with Gasteiger partial charge in [0.15, 0.2) is 0 Å². The van der Waals surface area contributed by atoms with Crippen LogP contribution < -0.4 is 0 Å². The maximum absolute atomic E-state index is 9.45. The summed E-state index contributed by atoms with van der Waals surface area (Å²) < 4.78 is 0. The Bertz CT molecular complexity index is 546. The van der Waals surface area contributed by atoms with E-state index in [9.17, 15) is 10.2 Å². The van der Waals surface area contributed by atoms with E-state index in [1.165, 1.54) is 0 Å². The van der Waals surface area contributed by atoms with Crippen molar-refractivity contribution in [1.29, 1.82) is 0 Å². The zero-order valence-electron chi connectivity index (χ0n) is 14.5. The number of phenols is 2. The Balaban J connectivity index is 0.000000220. The summed E-state index contributed by atoms with van der Waals surface area (Å²) in [5.74, 6) is 0.778. The van der Waals surface area contributed by atoms with E-state index in [0.29, 0.717) is 11.5 Å². The normalized spacial score (nSPS) is 11.5. The summed E-state index contributed by atoms with van der Waals surface area (Å²) in [6.07, 6.45) is 0. The molecule has 0 heterocycles. The molecule has 0 unspecified atom stereocenters. The number of phenolic OH excluding ortho intramolecular Hbond substituents is 2. The van der Waals surface area contributed by atoms with E-state index < -0.39 is 0 Å². The van der Waals surface area contributed by atoms with Crippen LogP contribution in [0.25, 0.3) is 0 Å². The topological polar surface area (TPSA) is 40.5 Å². The fraction of sp³-hybridized carbons (Fsp3) is 0.400. The molecule has 2 aromatic carbocycles. The molecule has 0 aromatic heterocycles. The van der Waals surface area contributed by atoms with Crippen LogP contribution in [-0.2, 0) is 10.8 Å². The molecule has 2 aromatic rings. The minimum absolute atomic E-state index is 0.0331. The van der Waals surface area contributed by atoms with Crippen LogP contribution in [0.1, 0.15) is 52.7 Å². The van der Waals surface area contributed by atoms with Gasteiger partial charge < -0.3 is 10.2 Å². The van der Waals surface area contributed by atoms with E-state index in [2.05, 4.69) is 41.5 Å². The van der Waals surface area contributed by atoms with Gasteiger partial charge in [0.05, 0.1) is 0 Å². The van der Waals surface area contributed by atoms with Crippen LogP contribution in [0.2, 0.25) is 0 Å². The van der Waals surface area contributed by atoms with Crippen LogP contribution in [0, 0.1) is 0 Å². The molecule has 2 nitrogen and oxygen atoms in total. The van der Waals surface area contributed by atoms with Gasteiger partial charge in [-0.25, -0.2) is 0 Å². The summed E-state index contributed by atoms with van der Waals surface area (Å²) in [4.78, 5) is 0. The Hall–Kier alpha value is -1.96. The standard InChI is InChI=1S/2C10H14O/c2*1-10(2,3)8-6-4-5-7-9(8)11/h2*4-7,11H,1-3H3. The minimum atomic E-state index is 0.0331. The molecular weight excluding hydrogens is 272 g/mol. The molecule has 0 saturated heterocycles. The molecule has 0 fully saturated rings. The lowest BCUT2D eigenvalue weighted by Crippen LogP contribution is -2.10. The van der Waals surface area contributed by atoms with E-state index in [4.69, 9.17) is 0 Å². The molecule has 0 radical (unpaired) electrons. The molecule has 120 valence electrons. The van der Waals surface area contributed by atoms with Gasteiger partial charge in [0.2, 0.25) is 0 Å². The molecule has 0 saturated carbocycles. The second-order valence-electron chi connectivity index (χ2n) is 7.53. The van der Waals surface area contributed by atoms with E-state index >= 15 is 0 Å². The van der Waals surface area contributed by atoms with Crippen molar-refractivity contribution in [3.63, 3.8) is 0 Å². The van der Waals surface area contributed by atoms with Gasteiger partial charge in [-0.15, -0.1) is 0 Å². The van der Waals surface area contributed by atoms with E-state index in [-0.39, 0.29) is 10.8 Å². The van der Waals surface area contributed by atoms with Gasteiger partial charge in [-0.2, -0.15) is 0 Å². The molecular formula is C20H28O2. The largest absolute Gasteiger partial charge is 0.508 e. The number of hydrogen-bond donors (Lipinski definition) is 2. The molecule has 0 aliphatic heterocycles. The Kier molecular flexibility index (Phi) is 5.65. The van der Waals surface area contributed by atoms with Crippen molar-refractivity contribution in [3.05, 3.63) is 59.7 Å². The highest BCUT2D eigenvalue weighted by Gasteiger charge is 2.17. The molecule has 0 spiro atoms. The summed E-state index contributed by atoms with van der Waals surface area (Å²) in [7, 11) is 0. The second kappa shape index (κ2) is 6.87. The van der Waals surface area contributed by atoms with Crippen molar-refractivity contribution in [2.75, 3.05) is 0 Å². The SMILES string of the molecule is CC(C)(C)c1ccccc1O.CC(C)(C)c1ccccc1O. The molecule has 0 aliphatic rings. The molecule has 2 N–H and O–H groups in total. The molecule has 2 heteroatoms. The molecule has 0 aliphatic carbocycles. The summed E-state index contributed by atoms with van der Waals surface area (Å²) in [6.45, 7) is 12.5. The van der Waals surface area contributed by atoms with Crippen LogP contribution >= 0.6 is 0 Å². The molecule has 2 rings (SSSR count). The average Bonchev–Trinajstić information content (AvgIpc) is 2.37. The number of para-hydroxylation sites is 2. The summed E-state index contributed by atoms with van der Waals surface area (Å²) in [5.41, 5.74) is 2.07. The smallest absolute Gasteiger partial charge is 0.119 e. The Morgan fingerprint density at radius 3 is 1.00 bits per heavy atom. The van der Waals surface area contributed by atoms with Crippen molar-refractivity contribution in [2.24, 2.45) is 0 Å². The zero-order valence-corrected chi connectivity index (χ0v) is 14.5. The Labute approximate surface area is 134 Å². The quantitative estimate of drug-likeness (QED) is 0.685. The first-order chi connectivity index (χ1) is 10.0. The van der Waals surface area contributed by atoms with Crippen molar-refractivity contribution < 1.29 is 10.2 Å². The van der Waals surface area contributed by atoms with Crippen molar-refractivity contribution in [3.8, 4) is 11.5 Å². The summed E-state index contributed by atoms with van der Waals surface area (Å²) in [5, 5.41) is 18.9. The molecule has 0 bridgehead atoms. The maximum Gasteiger partial charge on any atom is 0.119 e. The number of aromatic hydroxyl groups is 2. The van der Waals surface area contributed by atoms with Gasteiger partial charge in [0.25, 0.3) is 0 Å². The second-order valence-corrected chi connectivity index (χ2v) is 7.53. The van der Waals surface area contributed by atoms with Gasteiger partial charge in [0, 0.05) is 0 Å². The van der Waals surface area contributed by atoms with E-state index in [1.807, 2.05) is 36.4 Å². The van der Waals surface area contributed by atoms with Crippen LogP contribution in [0.15, 0.2) is 48.5 Å². The molecule has 0 atom stereocenters. The van der Waals surface area contributed by atoms with Gasteiger partial charge in [-0.05, 0) is 34.1 Å². The number of rotatable bonds is 0. The Morgan fingerprint density at radius 1 is 0.545 bits per heavy atom. The predicted molar refractivity (Wildman–Crippen MR) is 93.6 cm³/mol. The Morgan fingerprint density at radius 2 is 0.818 bits per heavy atom. The first-order valence-electron chi connectivity index (χ1n) is 7.60. The fourth-order valence-corrected chi connectivity index (χ4v) is 2.22. The van der Waals surface area contributed by atoms with Gasteiger partial charge in [0.1, 0.15) is 11.5 Å². The molecule has 0 amide bonds. The highest BCUT2D eigenvalue weighted by molar-refractivity contribution is 5.37. The van der Waals surface area contributed by atoms with Crippen molar-refractivity contribution >= 4 is 0 Å². The summed E-state index contributed by atoms with van der Waals surface area (Å²) in [6, 6.07) is 14.9. The van der Waals surface area contributed by atoms with Gasteiger partial charge in [-0.3, -0.25) is 0 Å². The average molecular weight is 300 g/mol. The van der Waals surface area contributed by atoms with E-state index in [1.54, 1.807) is 12.1 Å². The minimum Gasteiger partial charge on any atom is -0.508 e. The van der Waals surface area contributed by atoms with Crippen LogP contribution in [0.5, 0.6) is 11.5 Å². The first-order valence-corrected chi connectivity index (χ1v) is 7.60. The third-order valence-corrected chi connectivity index (χ3v) is 3.42. The maximum atomic E-state index is 9.45. The first kappa shape index (κ1) is 18.1. The fourth-order valence-electron chi connectivity index (χ4n) is 2.22. The van der Waals surface area contributed by atoms with Crippen molar-refractivity contribution in [2.45, 2.75) is 52.4 Å². The monoisotopic (exact) mass is 300 g/mol. The highest BCUT2D eigenvalue weighted by Crippen LogP contribution is 2.30. The zero-order chi connectivity index (χ0) is 17.0. The van der Waals surface area contributed by atoms with Crippen LogP contribution in [0.3, 0.4) is 0 Å². The van der Waals surface area contributed by atoms with E-state index in [0.717, 1.165) is 11.1 Å². The number of hydrogen-bond acceptors (Lipinski definition) is 2. The third-order valence-electron chi connectivity index (χ3n) is 3.42. The highest BCUT2D eigenvalue weighted by atomic mass is 16.3.